The van der Waals surface area contributed by atoms with Crippen LogP contribution in [-0.2, 0) is 0 Å². The number of carbonyl (C=O) groups excluding carboxylic acids is 1. The average molecular weight is 262 g/mol. The molecule has 19 heavy (non-hydrogen) atoms. The first-order chi connectivity index (χ1) is 9.26. The number of piperidine rings is 1. The second-order valence-corrected chi connectivity index (χ2v) is 4.95. The van der Waals surface area contributed by atoms with Crippen LogP contribution < -0.4 is 10.5 Å². The van der Waals surface area contributed by atoms with E-state index in [9.17, 15) is 4.79 Å². The zero-order chi connectivity index (χ0) is 13.7. The van der Waals surface area contributed by atoms with E-state index < -0.39 is 0 Å². The first-order valence-electron chi connectivity index (χ1n) is 6.91. The van der Waals surface area contributed by atoms with Gasteiger partial charge in [-0.3, -0.25) is 4.79 Å². The fourth-order valence-corrected chi connectivity index (χ4v) is 2.66. The van der Waals surface area contributed by atoms with Crippen LogP contribution in [0.25, 0.3) is 0 Å². The molecule has 104 valence electrons. The van der Waals surface area contributed by atoms with Crippen LogP contribution in [0.2, 0.25) is 0 Å². The van der Waals surface area contributed by atoms with Crippen molar-refractivity contribution in [2.45, 2.75) is 31.7 Å². The maximum Gasteiger partial charge on any atom is 0.254 e. The van der Waals surface area contributed by atoms with Gasteiger partial charge in [0, 0.05) is 18.2 Å². The number of likely N-dealkylation sites (tertiary alicyclic amines) is 1. The Morgan fingerprint density at radius 3 is 2.74 bits per heavy atom. The van der Waals surface area contributed by atoms with Gasteiger partial charge in [-0.25, -0.2) is 0 Å². The fraction of sp³-hybridized carbons (Fsp3) is 0.533. The molecule has 1 aromatic carbocycles. The van der Waals surface area contributed by atoms with E-state index >= 15 is 0 Å². The molecule has 0 spiro atoms. The van der Waals surface area contributed by atoms with Gasteiger partial charge in [-0.15, -0.1) is 0 Å². The number of rotatable bonds is 4. The third-order valence-corrected chi connectivity index (χ3v) is 3.72. The van der Waals surface area contributed by atoms with Gasteiger partial charge in [-0.05, 0) is 56.5 Å². The lowest BCUT2D eigenvalue weighted by molar-refractivity contribution is 0.0605. The Hall–Kier alpha value is -1.55. The Balaban J connectivity index is 2.11. The largest absolute Gasteiger partial charge is 0.497 e. The van der Waals surface area contributed by atoms with Crippen molar-refractivity contribution in [3.63, 3.8) is 0 Å². The van der Waals surface area contributed by atoms with Crippen molar-refractivity contribution in [3.8, 4) is 5.75 Å². The van der Waals surface area contributed by atoms with E-state index in [1.165, 1.54) is 6.42 Å². The fourth-order valence-electron chi connectivity index (χ4n) is 2.66. The lowest BCUT2D eigenvalue weighted by Crippen LogP contribution is -2.44. The molecule has 1 heterocycles. The van der Waals surface area contributed by atoms with Gasteiger partial charge < -0.3 is 15.4 Å². The number of benzene rings is 1. The van der Waals surface area contributed by atoms with Crippen LogP contribution in [0.15, 0.2) is 24.3 Å². The number of nitrogens with two attached hydrogens (primary N) is 1. The second-order valence-electron chi connectivity index (χ2n) is 4.95. The minimum atomic E-state index is 0.112. The van der Waals surface area contributed by atoms with Crippen LogP contribution in [0.1, 0.15) is 36.0 Å². The van der Waals surface area contributed by atoms with Crippen LogP contribution >= 0.6 is 0 Å². The maximum absolute atomic E-state index is 12.5. The van der Waals surface area contributed by atoms with Gasteiger partial charge in [0.15, 0.2) is 0 Å². The zero-order valence-electron chi connectivity index (χ0n) is 11.5. The van der Waals surface area contributed by atoms with Gasteiger partial charge in [-0.1, -0.05) is 0 Å². The smallest absolute Gasteiger partial charge is 0.254 e. The first kappa shape index (κ1) is 13.9. The SMILES string of the molecule is COc1ccc(C(=O)N2CCCCC2CCN)cc1. The number of carbonyl (C=O) groups is 1. The summed E-state index contributed by atoms with van der Waals surface area (Å²) < 4.78 is 5.11. The highest BCUT2D eigenvalue weighted by Crippen LogP contribution is 2.22. The summed E-state index contributed by atoms with van der Waals surface area (Å²) in [5.74, 6) is 0.884. The molecule has 1 saturated heterocycles. The number of nitrogens with zero attached hydrogens (tertiary/aromatic N) is 1. The Morgan fingerprint density at radius 1 is 1.37 bits per heavy atom. The molecule has 0 saturated carbocycles. The Bertz CT molecular complexity index is 415. The first-order valence-corrected chi connectivity index (χ1v) is 6.91. The molecule has 1 unspecified atom stereocenters. The molecule has 0 aliphatic carbocycles. The molecule has 0 radical (unpaired) electrons. The summed E-state index contributed by atoms with van der Waals surface area (Å²) >= 11 is 0. The predicted molar refractivity (Wildman–Crippen MR) is 75.3 cm³/mol. The van der Waals surface area contributed by atoms with Crippen molar-refractivity contribution < 1.29 is 9.53 Å². The summed E-state index contributed by atoms with van der Waals surface area (Å²) in [5.41, 5.74) is 6.37. The van der Waals surface area contributed by atoms with E-state index in [1.807, 2.05) is 29.2 Å². The molecule has 1 atom stereocenters. The number of ether oxygens (including phenoxy) is 1. The van der Waals surface area contributed by atoms with E-state index in [4.69, 9.17) is 10.5 Å². The summed E-state index contributed by atoms with van der Waals surface area (Å²) in [6.45, 7) is 1.48. The molecule has 2 N–H and O–H groups in total. The van der Waals surface area contributed by atoms with Crippen molar-refractivity contribution in [2.24, 2.45) is 5.73 Å². The van der Waals surface area contributed by atoms with Crippen molar-refractivity contribution in [3.05, 3.63) is 29.8 Å². The van der Waals surface area contributed by atoms with E-state index in [-0.39, 0.29) is 5.91 Å². The van der Waals surface area contributed by atoms with Crippen LogP contribution in [0.5, 0.6) is 5.75 Å². The number of hydrogen-bond donors (Lipinski definition) is 1. The molecule has 4 nitrogen and oxygen atoms in total. The third kappa shape index (κ3) is 3.26. The van der Waals surface area contributed by atoms with Crippen LogP contribution in [0.3, 0.4) is 0 Å². The second kappa shape index (κ2) is 6.57. The highest BCUT2D eigenvalue weighted by molar-refractivity contribution is 5.94. The van der Waals surface area contributed by atoms with E-state index in [2.05, 4.69) is 0 Å². The lowest BCUT2D eigenvalue weighted by Gasteiger charge is -2.35. The lowest BCUT2D eigenvalue weighted by atomic mass is 9.98. The summed E-state index contributed by atoms with van der Waals surface area (Å²) in [5, 5.41) is 0. The molecule has 1 aromatic rings. The van der Waals surface area contributed by atoms with Gasteiger partial charge in [0.1, 0.15) is 5.75 Å². The van der Waals surface area contributed by atoms with Crippen molar-refractivity contribution in [1.29, 1.82) is 0 Å². The van der Waals surface area contributed by atoms with Gasteiger partial charge in [0.05, 0.1) is 7.11 Å². The summed E-state index contributed by atoms with van der Waals surface area (Å²) in [7, 11) is 1.62. The van der Waals surface area contributed by atoms with Crippen molar-refractivity contribution in [2.75, 3.05) is 20.2 Å². The number of hydrogen-bond acceptors (Lipinski definition) is 3. The molecule has 2 rings (SSSR count). The minimum absolute atomic E-state index is 0.112. The van der Waals surface area contributed by atoms with E-state index in [1.54, 1.807) is 7.11 Å². The monoisotopic (exact) mass is 262 g/mol. The summed E-state index contributed by atoms with van der Waals surface area (Å²) in [6, 6.07) is 7.61. The number of amides is 1. The molecule has 0 aromatic heterocycles. The van der Waals surface area contributed by atoms with Gasteiger partial charge in [0.25, 0.3) is 5.91 Å². The normalized spacial score (nSPS) is 19.3. The minimum Gasteiger partial charge on any atom is -0.497 e. The predicted octanol–water partition coefficient (Wildman–Crippen LogP) is 2.04. The highest BCUT2D eigenvalue weighted by atomic mass is 16.5. The van der Waals surface area contributed by atoms with Gasteiger partial charge >= 0.3 is 0 Å². The van der Waals surface area contributed by atoms with Gasteiger partial charge in [0.2, 0.25) is 0 Å². The average Bonchev–Trinajstić information content (AvgIpc) is 2.47. The molecule has 1 aliphatic heterocycles. The van der Waals surface area contributed by atoms with Crippen LogP contribution in [0, 0.1) is 0 Å². The van der Waals surface area contributed by atoms with Crippen molar-refractivity contribution in [1.82, 2.24) is 4.90 Å². The highest BCUT2D eigenvalue weighted by Gasteiger charge is 2.26. The van der Waals surface area contributed by atoms with E-state index in [0.29, 0.717) is 12.6 Å². The Kier molecular flexibility index (Phi) is 4.80. The Labute approximate surface area is 114 Å². The molecular weight excluding hydrogens is 240 g/mol. The standard InChI is InChI=1S/C15H22N2O2/c1-19-14-7-5-12(6-8-14)15(18)17-11-3-2-4-13(17)9-10-16/h5-8,13H,2-4,9-11,16H2,1H3. The van der Waals surface area contributed by atoms with Gasteiger partial charge in [-0.2, -0.15) is 0 Å². The molecule has 1 fully saturated rings. The molecular formula is C15H22N2O2. The van der Waals surface area contributed by atoms with E-state index in [0.717, 1.165) is 37.1 Å². The maximum atomic E-state index is 12.5. The van der Waals surface area contributed by atoms with Crippen LogP contribution in [0.4, 0.5) is 0 Å². The van der Waals surface area contributed by atoms with Crippen LogP contribution in [-0.4, -0.2) is 37.0 Å². The zero-order valence-corrected chi connectivity index (χ0v) is 11.5. The molecule has 4 heteroatoms. The summed E-state index contributed by atoms with van der Waals surface area (Å²) in [4.78, 5) is 14.5. The molecule has 1 aliphatic rings. The number of methoxy groups -OCH3 is 1. The summed E-state index contributed by atoms with van der Waals surface area (Å²) in [6.07, 6.45) is 4.24. The topological polar surface area (TPSA) is 55.6 Å². The molecule has 1 amide bonds. The Morgan fingerprint density at radius 2 is 2.11 bits per heavy atom. The quantitative estimate of drug-likeness (QED) is 0.903. The molecule has 0 bridgehead atoms. The third-order valence-electron chi connectivity index (χ3n) is 3.72. The van der Waals surface area contributed by atoms with Crippen molar-refractivity contribution >= 4 is 5.91 Å².